The molecule has 1 heterocycles. The topological polar surface area (TPSA) is 61.4 Å². The van der Waals surface area contributed by atoms with Crippen LogP contribution in [0, 0.1) is 11.8 Å². The molecular weight excluding hydrogens is 348 g/mol. The van der Waals surface area contributed by atoms with Gasteiger partial charge in [0.1, 0.15) is 5.75 Å². The van der Waals surface area contributed by atoms with Gasteiger partial charge in [-0.05, 0) is 54.5 Å². The molecule has 4 heteroatoms. The highest BCUT2D eigenvalue weighted by molar-refractivity contribution is 5.45. The van der Waals surface area contributed by atoms with Crippen molar-refractivity contribution in [3.05, 3.63) is 29.3 Å². The summed E-state index contributed by atoms with van der Waals surface area (Å²) in [6.45, 7) is 13.4. The van der Waals surface area contributed by atoms with Crippen molar-refractivity contribution in [3.63, 3.8) is 0 Å². The summed E-state index contributed by atoms with van der Waals surface area (Å²) in [5.74, 6) is 2.17. The van der Waals surface area contributed by atoms with Gasteiger partial charge in [0, 0.05) is 13.1 Å². The summed E-state index contributed by atoms with van der Waals surface area (Å²) in [5, 5.41) is 15.1. The largest absolute Gasteiger partial charge is 0.508 e. The van der Waals surface area contributed by atoms with Gasteiger partial charge >= 0.3 is 0 Å². The highest BCUT2D eigenvalue weighted by atomic mass is 16.3. The Hall–Kier alpha value is -1.55. The molecule has 0 radical (unpaired) electrons. The molecule has 4 nitrogen and oxygen atoms in total. The zero-order chi connectivity index (χ0) is 21.2. The molecule has 2 aliphatic rings. The van der Waals surface area contributed by atoms with Crippen molar-refractivity contribution in [2.24, 2.45) is 11.8 Å². The van der Waals surface area contributed by atoms with Gasteiger partial charge in [-0.3, -0.25) is 4.79 Å². The maximum atomic E-state index is 9.99. The number of rotatable bonds is 4. The van der Waals surface area contributed by atoms with Crippen LogP contribution in [0.1, 0.15) is 84.3 Å². The summed E-state index contributed by atoms with van der Waals surface area (Å²) in [7, 11) is 0. The Kier molecular flexibility index (Phi) is 16.6. The van der Waals surface area contributed by atoms with Crippen molar-refractivity contribution in [1.82, 2.24) is 10.6 Å². The number of nitrogens with one attached hydrogen (secondary N) is 2. The van der Waals surface area contributed by atoms with E-state index in [2.05, 4.69) is 31.4 Å². The number of aromatic hydroxyl groups is 1. The molecular formula is C24H44N2O2. The number of hydrogen-bond donors (Lipinski definition) is 3. The van der Waals surface area contributed by atoms with Crippen molar-refractivity contribution < 1.29 is 9.90 Å². The maximum absolute atomic E-state index is 9.99. The Balaban J connectivity index is 0.000000425. The fraction of sp³-hybridized carbons (Fsp3) is 0.708. The first kappa shape index (κ1) is 26.4. The van der Waals surface area contributed by atoms with E-state index in [1.54, 1.807) is 6.07 Å². The predicted octanol–water partition coefficient (Wildman–Crippen LogP) is 5.43. The molecule has 0 saturated heterocycles. The highest BCUT2D eigenvalue weighted by Gasteiger charge is 2.17. The summed E-state index contributed by atoms with van der Waals surface area (Å²) >= 11 is 0. The van der Waals surface area contributed by atoms with Gasteiger partial charge in [-0.2, -0.15) is 0 Å². The van der Waals surface area contributed by atoms with E-state index in [-0.39, 0.29) is 0 Å². The van der Waals surface area contributed by atoms with E-state index in [4.69, 9.17) is 5.11 Å². The predicted molar refractivity (Wildman–Crippen MR) is 121 cm³/mol. The molecule has 3 N–H and O–H groups in total. The van der Waals surface area contributed by atoms with Crippen molar-refractivity contribution in [2.75, 3.05) is 13.1 Å². The van der Waals surface area contributed by atoms with Gasteiger partial charge in [-0.1, -0.05) is 72.8 Å². The second-order valence-electron chi connectivity index (χ2n) is 7.57. The zero-order valence-corrected chi connectivity index (χ0v) is 18.9. The first-order chi connectivity index (χ1) is 13.6. The number of benzene rings is 1. The van der Waals surface area contributed by atoms with Gasteiger partial charge in [-0.15, -0.1) is 0 Å². The molecule has 1 amide bonds. The number of phenolic OH excluding ortho intramolecular Hbond substituents is 1. The molecule has 162 valence electrons. The van der Waals surface area contributed by atoms with Crippen molar-refractivity contribution >= 4 is 6.41 Å². The van der Waals surface area contributed by atoms with Crippen LogP contribution in [-0.4, -0.2) is 24.6 Å². The molecule has 1 aromatic rings. The van der Waals surface area contributed by atoms with E-state index < -0.39 is 0 Å². The van der Waals surface area contributed by atoms with E-state index in [1.807, 2.05) is 26.0 Å². The smallest absolute Gasteiger partial charge is 0.207 e. The molecule has 1 aliphatic carbocycles. The summed E-state index contributed by atoms with van der Waals surface area (Å²) in [6.07, 6.45) is 9.79. The second-order valence-corrected chi connectivity index (χ2v) is 7.57. The fourth-order valence-corrected chi connectivity index (χ4v) is 3.43. The molecule has 0 unspecified atom stereocenters. The van der Waals surface area contributed by atoms with Gasteiger partial charge in [0.25, 0.3) is 0 Å². The lowest BCUT2D eigenvalue weighted by Crippen LogP contribution is -2.23. The van der Waals surface area contributed by atoms with Crippen molar-refractivity contribution in [1.29, 1.82) is 0 Å². The average molecular weight is 393 g/mol. The minimum atomic E-state index is 0.368. The first-order valence-electron chi connectivity index (χ1n) is 11.3. The van der Waals surface area contributed by atoms with Gasteiger partial charge < -0.3 is 15.7 Å². The number of carbonyl (C=O) groups is 1. The van der Waals surface area contributed by atoms with E-state index in [9.17, 15) is 4.79 Å². The molecule has 1 aliphatic heterocycles. The van der Waals surface area contributed by atoms with E-state index >= 15 is 0 Å². The fourth-order valence-electron chi connectivity index (χ4n) is 3.43. The van der Waals surface area contributed by atoms with Gasteiger partial charge in [0.2, 0.25) is 6.41 Å². The van der Waals surface area contributed by atoms with Gasteiger partial charge in [-0.25, -0.2) is 0 Å². The summed E-state index contributed by atoms with van der Waals surface area (Å²) < 4.78 is 0. The van der Waals surface area contributed by atoms with Gasteiger partial charge in [0.15, 0.2) is 0 Å². The van der Waals surface area contributed by atoms with Crippen LogP contribution >= 0.6 is 0 Å². The summed E-state index contributed by atoms with van der Waals surface area (Å²) in [4.78, 5) is 9.99. The lowest BCUT2D eigenvalue weighted by atomic mass is 9.81. The Labute approximate surface area is 173 Å². The van der Waals surface area contributed by atoms with Gasteiger partial charge in [0.05, 0.1) is 0 Å². The molecule has 3 rings (SSSR count). The number of fused-ring (bicyclic) bond motifs is 1. The van der Waals surface area contributed by atoms with Crippen molar-refractivity contribution in [2.45, 2.75) is 86.1 Å². The highest BCUT2D eigenvalue weighted by Crippen LogP contribution is 2.29. The molecule has 1 aromatic carbocycles. The minimum Gasteiger partial charge on any atom is -0.508 e. The van der Waals surface area contributed by atoms with Crippen LogP contribution in [0.4, 0.5) is 0 Å². The van der Waals surface area contributed by atoms with E-state index in [0.29, 0.717) is 5.75 Å². The Bertz CT molecular complexity index is 497. The summed E-state index contributed by atoms with van der Waals surface area (Å²) in [6, 6.07) is 5.59. The van der Waals surface area contributed by atoms with Crippen LogP contribution in [0.5, 0.6) is 5.75 Å². The standard InChI is InChI=1S/C10H19NO.C9H11NO.C3H8.C2H6/c1-9-2-4-10(5-3-9)6-7-11-8-12;11-9-2-1-7-3-4-10-6-8(7)5-9;1-3-2;1-2/h8-10H,2-7H2,1H3,(H,11,12);1-2,5,10-11H,3-4,6H2;3H2,1-2H3;1-2H3. The minimum absolute atomic E-state index is 0.368. The van der Waals surface area contributed by atoms with Crippen LogP contribution in [0.3, 0.4) is 0 Å². The monoisotopic (exact) mass is 392 g/mol. The quantitative estimate of drug-likeness (QED) is 0.473. The first-order valence-corrected chi connectivity index (χ1v) is 11.3. The van der Waals surface area contributed by atoms with Crippen LogP contribution in [0.15, 0.2) is 18.2 Å². The molecule has 28 heavy (non-hydrogen) atoms. The number of phenols is 1. The maximum Gasteiger partial charge on any atom is 0.207 e. The Morgan fingerprint density at radius 1 is 1.14 bits per heavy atom. The van der Waals surface area contributed by atoms with Crippen LogP contribution < -0.4 is 10.6 Å². The second kappa shape index (κ2) is 17.5. The molecule has 0 atom stereocenters. The molecule has 1 fully saturated rings. The molecule has 0 aromatic heterocycles. The Morgan fingerprint density at radius 3 is 2.39 bits per heavy atom. The van der Waals surface area contributed by atoms with Crippen molar-refractivity contribution in [3.8, 4) is 5.75 Å². The SMILES string of the molecule is CC.CC1CCC(CCNC=O)CC1.CCC.Oc1ccc2c(c1)CNCC2. The van der Waals surface area contributed by atoms with Crippen LogP contribution in [0.2, 0.25) is 0 Å². The third-order valence-electron chi connectivity index (χ3n) is 4.99. The molecule has 0 bridgehead atoms. The lowest BCUT2D eigenvalue weighted by molar-refractivity contribution is -0.109. The van der Waals surface area contributed by atoms with Crippen LogP contribution in [0.25, 0.3) is 0 Å². The summed E-state index contributed by atoms with van der Waals surface area (Å²) in [5.41, 5.74) is 2.60. The third-order valence-corrected chi connectivity index (χ3v) is 4.99. The van der Waals surface area contributed by atoms with E-state index in [0.717, 1.165) is 44.3 Å². The average Bonchev–Trinajstić information content (AvgIpc) is 2.72. The number of carbonyl (C=O) groups excluding carboxylic acids is 1. The molecule has 1 saturated carbocycles. The van der Waals surface area contributed by atoms with Crippen LogP contribution in [-0.2, 0) is 17.8 Å². The lowest BCUT2D eigenvalue weighted by Gasteiger charge is -2.25. The zero-order valence-electron chi connectivity index (χ0n) is 18.9. The number of amides is 1. The third kappa shape index (κ3) is 12.0. The van der Waals surface area contributed by atoms with E-state index in [1.165, 1.54) is 49.7 Å². The normalized spacial score (nSPS) is 19.9. The Morgan fingerprint density at radius 2 is 1.79 bits per heavy atom. The molecule has 0 spiro atoms. The number of hydrogen-bond acceptors (Lipinski definition) is 3.